The average Bonchev–Trinajstić information content (AvgIpc) is 2.46. The molecule has 0 radical (unpaired) electrons. The minimum atomic E-state index is -0.926. The number of carboxylic acids is 1. The maximum atomic E-state index is 13.2. The molecule has 0 amide bonds. The SMILES string of the molecule is O=C(O)Cc1cc2cc(-c3cccc(F)n3)ccc2cn1. The lowest BCUT2D eigenvalue weighted by Gasteiger charge is -2.05. The van der Waals surface area contributed by atoms with Gasteiger partial charge in [0.1, 0.15) is 0 Å². The van der Waals surface area contributed by atoms with E-state index in [4.69, 9.17) is 5.11 Å². The molecule has 104 valence electrons. The summed E-state index contributed by atoms with van der Waals surface area (Å²) in [5.74, 6) is -1.46. The van der Waals surface area contributed by atoms with E-state index in [1.54, 1.807) is 24.4 Å². The molecule has 0 fully saturated rings. The summed E-state index contributed by atoms with van der Waals surface area (Å²) < 4.78 is 13.2. The van der Waals surface area contributed by atoms with Gasteiger partial charge in [-0.3, -0.25) is 9.78 Å². The van der Waals surface area contributed by atoms with E-state index in [0.717, 1.165) is 16.3 Å². The molecular weight excluding hydrogens is 271 g/mol. The van der Waals surface area contributed by atoms with E-state index in [1.165, 1.54) is 6.07 Å². The number of carbonyl (C=O) groups is 1. The van der Waals surface area contributed by atoms with Crippen molar-refractivity contribution in [1.29, 1.82) is 0 Å². The number of nitrogens with zero attached hydrogens (tertiary/aromatic N) is 2. The quantitative estimate of drug-likeness (QED) is 0.750. The maximum Gasteiger partial charge on any atom is 0.309 e. The summed E-state index contributed by atoms with van der Waals surface area (Å²) in [6.07, 6.45) is 1.51. The third-order valence-electron chi connectivity index (χ3n) is 3.12. The first-order chi connectivity index (χ1) is 10.1. The Balaban J connectivity index is 2.07. The number of rotatable bonds is 3. The third-order valence-corrected chi connectivity index (χ3v) is 3.12. The zero-order valence-corrected chi connectivity index (χ0v) is 11.0. The number of aromatic nitrogens is 2. The van der Waals surface area contributed by atoms with Crippen LogP contribution in [-0.2, 0) is 11.2 Å². The number of carboxylic acid groups (broad SMARTS) is 1. The van der Waals surface area contributed by atoms with Crippen LogP contribution in [0.5, 0.6) is 0 Å². The number of fused-ring (bicyclic) bond motifs is 1. The van der Waals surface area contributed by atoms with Crippen LogP contribution in [0.2, 0.25) is 0 Å². The van der Waals surface area contributed by atoms with Gasteiger partial charge in [0.2, 0.25) is 5.95 Å². The van der Waals surface area contributed by atoms with Crippen molar-refractivity contribution in [3.63, 3.8) is 0 Å². The Bertz CT molecular complexity index is 833. The summed E-state index contributed by atoms with van der Waals surface area (Å²) in [6, 6.07) is 11.9. The van der Waals surface area contributed by atoms with Crippen LogP contribution in [0.4, 0.5) is 4.39 Å². The molecule has 3 rings (SSSR count). The standard InChI is InChI=1S/C16H11FN2O2/c17-15-3-1-2-14(19-15)10-4-5-11-9-18-13(8-16(20)21)7-12(11)6-10/h1-7,9H,8H2,(H,20,21). The van der Waals surface area contributed by atoms with Gasteiger partial charge < -0.3 is 5.11 Å². The highest BCUT2D eigenvalue weighted by atomic mass is 19.1. The largest absolute Gasteiger partial charge is 0.481 e. The lowest BCUT2D eigenvalue weighted by Crippen LogP contribution is -2.01. The number of hydrogen-bond acceptors (Lipinski definition) is 3. The molecule has 0 aliphatic rings. The van der Waals surface area contributed by atoms with Crippen molar-refractivity contribution in [1.82, 2.24) is 9.97 Å². The van der Waals surface area contributed by atoms with Crippen LogP contribution in [0.1, 0.15) is 5.69 Å². The molecule has 0 aliphatic carbocycles. The molecule has 3 aromatic rings. The first kappa shape index (κ1) is 13.2. The molecule has 4 nitrogen and oxygen atoms in total. The van der Waals surface area contributed by atoms with Crippen LogP contribution < -0.4 is 0 Å². The summed E-state index contributed by atoms with van der Waals surface area (Å²) in [5, 5.41) is 10.6. The highest BCUT2D eigenvalue weighted by Crippen LogP contribution is 2.23. The minimum Gasteiger partial charge on any atom is -0.481 e. The van der Waals surface area contributed by atoms with Crippen molar-refractivity contribution < 1.29 is 14.3 Å². The summed E-state index contributed by atoms with van der Waals surface area (Å²) in [5.41, 5.74) is 1.79. The molecule has 2 heterocycles. The fourth-order valence-corrected chi connectivity index (χ4v) is 2.17. The van der Waals surface area contributed by atoms with Crippen molar-refractivity contribution >= 4 is 16.7 Å². The van der Waals surface area contributed by atoms with Crippen LogP contribution in [-0.4, -0.2) is 21.0 Å². The fraction of sp³-hybridized carbons (Fsp3) is 0.0625. The second-order valence-corrected chi connectivity index (χ2v) is 4.65. The monoisotopic (exact) mass is 282 g/mol. The Morgan fingerprint density at radius 3 is 2.76 bits per heavy atom. The third kappa shape index (κ3) is 2.86. The van der Waals surface area contributed by atoms with Gasteiger partial charge in [-0.15, -0.1) is 0 Å². The van der Waals surface area contributed by atoms with Crippen LogP contribution in [0.3, 0.4) is 0 Å². The molecule has 1 aromatic carbocycles. The first-order valence-electron chi connectivity index (χ1n) is 6.35. The van der Waals surface area contributed by atoms with Crippen LogP contribution in [0.25, 0.3) is 22.0 Å². The normalized spacial score (nSPS) is 10.7. The maximum absolute atomic E-state index is 13.2. The van der Waals surface area contributed by atoms with Crippen LogP contribution >= 0.6 is 0 Å². The Labute approximate surface area is 119 Å². The summed E-state index contributed by atoms with van der Waals surface area (Å²) in [6.45, 7) is 0. The molecular formula is C16H11FN2O2. The number of benzene rings is 1. The molecule has 0 saturated heterocycles. The Hall–Kier alpha value is -2.82. The van der Waals surface area contributed by atoms with E-state index in [1.807, 2.05) is 18.2 Å². The van der Waals surface area contributed by atoms with Gasteiger partial charge in [-0.25, -0.2) is 4.98 Å². The molecule has 0 aliphatic heterocycles. The Kier molecular flexibility index (Phi) is 3.31. The van der Waals surface area contributed by atoms with Crippen molar-refractivity contribution in [3.05, 3.63) is 60.3 Å². The van der Waals surface area contributed by atoms with Gasteiger partial charge >= 0.3 is 5.97 Å². The Morgan fingerprint density at radius 2 is 2.00 bits per heavy atom. The lowest BCUT2D eigenvalue weighted by molar-refractivity contribution is -0.136. The average molecular weight is 282 g/mol. The first-order valence-corrected chi connectivity index (χ1v) is 6.35. The summed E-state index contributed by atoms with van der Waals surface area (Å²) >= 11 is 0. The molecule has 1 N–H and O–H groups in total. The molecule has 0 unspecified atom stereocenters. The van der Waals surface area contributed by atoms with Gasteiger partial charge in [0.05, 0.1) is 17.8 Å². The second-order valence-electron chi connectivity index (χ2n) is 4.65. The van der Waals surface area contributed by atoms with Gasteiger partial charge in [0, 0.05) is 17.1 Å². The van der Waals surface area contributed by atoms with Gasteiger partial charge in [-0.05, 0) is 29.7 Å². The topological polar surface area (TPSA) is 63.1 Å². The van der Waals surface area contributed by atoms with Gasteiger partial charge in [-0.2, -0.15) is 4.39 Å². The van der Waals surface area contributed by atoms with Crippen LogP contribution in [0.15, 0.2) is 48.7 Å². The molecule has 0 saturated carbocycles. The predicted octanol–water partition coefficient (Wildman–Crippen LogP) is 3.06. The van der Waals surface area contributed by atoms with Crippen molar-refractivity contribution in [2.45, 2.75) is 6.42 Å². The number of aliphatic carboxylic acids is 1. The summed E-state index contributed by atoms with van der Waals surface area (Å²) in [4.78, 5) is 18.7. The zero-order chi connectivity index (χ0) is 14.8. The molecule has 21 heavy (non-hydrogen) atoms. The summed E-state index contributed by atoms with van der Waals surface area (Å²) in [7, 11) is 0. The number of pyridine rings is 2. The van der Waals surface area contributed by atoms with Gasteiger partial charge in [0.15, 0.2) is 0 Å². The van der Waals surface area contributed by atoms with Gasteiger partial charge in [-0.1, -0.05) is 18.2 Å². The minimum absolute atomic E-state index is 0.127. The number of hydrogen-bond donors (Lipinski definition) is 1. The molecule has 0 atom stereocenters. The fourth-order valence-electron chi connectivity index (χ4n) is 2.17. The van der Waals surface area contributed by atoms with E-state index in [2.05, 4.69) is 9.97 Å². The van der Waals surface area contributed by atoms with Gasteiger partial charge in [0.25, 0.3) is 0 Å². The van der Waals surface area contributed by atoms with E-state index >= 15 is 0 Å². The highest BCUT2D eigenvalue weighted by molar-refractivity contribution is 5.87. The van der Waals surface area contributed by atoms with E-state index < -0.39 is 11.9 Å². The Morgan fingerprint density at radius 1 is 1.14 bits per heavy atom. The lowest BCUT2D eigenvalue weighted by atomic mass is 10.0. The second kappa shape index (κ2) is 5.28. The zero-order valence-electron chi connectivity index (χ0n) is 11.0. The molecule has 0 spiro atoms. The van der Waals surface area contributed by atoms with E-state index in [0.29, 0.717) is 11.4 Å². The van der Waals surface area contributed by atoms with Crippen molar-refractivity contribution in [3.8, 4) is 11.3 Å². The predicted molar refractivity (Wildman–Crippen MR) is 76.3 cm³/mol. The molecule has 0 bridgehead atoms. The van der Waals surface area contributed by atoms with E-state index in [-0.39, 0.29) is 6.42 Å². The van der Waals surface area contributed by atoms with Crippen LogP contribution in [0, 0.1) is 5.95 Å². The van der Waals surface area contributed by atoms with Crippen molar-refractivity contribution in [2.75, 3.05) is 0 Å². The smallest absolute Gasteiger partial charge is 0.309 e. The van der Waals surface area contributed by atoms with Crippen molar-refractivity contribution in [2.24, 2.45) is 0 Å². The highest BCUT2D eigenvalue weighted by Gasteiger charge is 2.06. The van der Waals surface area contributed by atoms with E-state index in [9.17, 15) is 9.18 Å². The molecule has 5 heteroatoms. The number of halogens is 1. The molecule has 2 aromatic heterocycles.